The van der Waals surface area contributed by atoms with Crippen LogP contribution in [0, 0.1) is 15.9 Å². The quantitative estimate of drug-likeness (QED) is 0.449. The molecule has 1 saturated heterocycles. The van der Waals surface area contributed by atoms with Crippen LogP contribution < -0.4 is 9.64 Å². The van der Waals surface area contributed by atoms with Gasteiger partial charge in [-0.1, -0.05) is 0 Å². The van der Waals surface area contributed by atoms with Crippen LogP contribution in [0.25, 0.3) is 0 Å². The molecule has 0 amide bonds. The fraction of sp³-hybridized carbons (Fsp3) is 0.375. The van der Waals surface area contributed by atoms with Gasteiger partial charge in [0.15, 0.2) is 17.4 Å². The molecule has 2 heterocycles. The number of methoxy groups -OCH3 is 1. The summed E-state index contributed by atoms with van der Waals surface area (Å²) >= 11 is 0. The highest BCUT2D eigenvalue weighted by Gasteiger charge is 2.20. The molecule has 2 aromatic rings. The number of aromatic hydroxyl groups is 1. The number of hydrogen-bond donors (Lipinski definition) is 1. The van der Waals surface area contributed by atoms with Crippen molar-refractivity contribution in [1.29, 1.82) is 0 Å². The van der Waals surface area contributed by atoms with Gasteiger partial charge in [0.05, 0.1) is 38.0 Å². The number of morpholine rings is 1. The highest BCUT2D eigenvalue weighted by atomic mass is 19.1. The number of rotatable bonds is 6. The van der Waals surface area contributed by atoms with E-state index in [9.17, 15) is 19.6 Å². The minimum atomic E-state index is -0.726. The van der Waals surface area contributed by atoms with E-state index in [1.54, 1.807) is 4.90 Å². The maximum atomic E-state index is 14.0. The Bertz CT molecular complexity index is 903. The van der Waals surface area contributed by atoms with Crippen LogP contribution in [0.15, 0.2) is 28.6 Å². The van der Waals surface area contributed by atoms with Gasteiger partial charge in [0.25, 0.3) is 5.95 Å². The van der Waals surface area contributed by atoms with Crippen LogP contribution in [-0.4, -0.2) is 53.4 Å². The zero-order valence-corrected chi connectivity index (χ0v) is 14.9. The lowest BCUT2D eigenvalue weighted by molar-refractivity contribution is -0.386. The van der Waals surface area contributed by atoms with Crippen LogP contribution in [0.4, 0.5) is 21.8 Å². The summed E-state index contributed by atoms with van der Waals surface area (Å²) in [4.78, 5) is 19.9. The number of nitro groups is 1. The molecule has 1 aromatic carbocycles. The van der Waals surface area contributed by atoms with E-state index in [1.165, 1.54) is 19.2 Å². The molecular formula is C16H17FN6O5. The molecule has 1 aliphatic rings. The summed E-state index contributed by atoms with van der Waals surface area (Å²) in [5, 5.41) is 28.6. The van der Waals surface area contributed by atoms with Gasteiger partial charge in [-0.2, -0.15) is 10.1 Å². The summed E-state index contributed by atoms with van der Waals surface area (Å²) in [6.45, 7) is 1.90. The Morgan fingerprint density at radius 3 is 2.86 bits per heavy atom. The normalized spacial score (nSPS) is 14.4. The molecule has 11 nitrogen and oxygen atoms in total. The Kier molecular flexibility index (Phi) is 5.89. The van der Waals surface area contributed by atoms with E-state index in [0.29, 0.717) is 31.9 Å². The van der Waals surface area contributed by atoms with E-state index < -0.39 is 22.2 Å². The van der Waals surface area contributed by atoms with Crippen LogP contribution >= 0.6 is 0 Å². The predicted molar refractivity (Wildman–Crippen MR) is 94.6 cm³/mol. The fourth-order valence-corrected chi connectivity index (χ4v) is 2.61. The van der Waals surface area contributed by atoms with Gasteiger partial charge in [-0.05, 0) is 11.6 Å². The molecule has 1 aliphatic heterocycles. The van der Waals surface area contributed by atoms with Gasteiger partial charge in [0.1, 0.15) is 0 Å². The Morgan fingerprint density at radius 1 is 1.43 bits per heavy atom. The number of phenolic OH excluding ortho intramolecular Hbond substituents is 1. The summed E-state index contributed by atoms with van der Waals surface area (Å²) in [5.41, 5.74) is -0.113. The molecule has 0 spiro atoms. The van der Waals surface area contributed by atoms with Gasteiger partial charge in [0.2, 0.25) is 5.75 Å². The van der Waals surface area contributed by atoms with Crippen molar-refractivity contribution in [2.75, 3.05) is 38.3 Å². The summed E-state index contributed by atoms with van der Waals surface area (Å²) in [6, 6.07) is 2.58. The largest absolute Gasteiger partial charge is 0.500 e. The Morgan fingerprint density at radius 2 is 2.18 bits per heavy atom. The fourth-order valence-electron chi connectivity index (χ4n) is 2.61. The van der Waals surface area contributed by atoms with E-state index in [2.05, 4.69) is 20.2 Å². The first-order chi connectivity index (χ1) is 13.5. The molecule has 12 heteroatoms. The molecule has 1 aromatic heterocycles. The van der Waals surface area contributed by atoms with Crippen molar-refractivity contribution in [2.24, 2.45) is 10.2 Å². The lowest BCUT2D eigenvalue weighted by atomic mass is 10.1. The number of phenols is 1. The van der Waals surface area contributed by atoms with E-state index >= 15 is 0 Å². The van der Waals surface area contributed by atoms with Crippen molar-refractivity contribution < 1.29 is 23.9 Å². The molecule has 0 radical (unpaired) electrons. The van der Waals surface area contributed by atoms with Crippen molar-refractivity contribution in [3.63, 3.8) is 0 Å². The van der Waals surface area contributed by atoms with E-state index in [1.807, 2.05) is 0 Å². The van der Waals surface area contributed by atoms with Gasteiger partial charge in [-0.3, -0.25) is 10.1 Å². The third-order valence-electron chi connectivity index (χ3n) is 3.97. The second-order valence-corrected chi connectivity index (χ2v) is 5.76. The first-order valence-electron chi connectivity index (χ1n) is 8.26. The molecule has 0 aliphatic carbocycles. The van der Waals surface area contributed by atoms with Crippen LogP contribution in [0.1, 0.15) is 5.56 Å². The lowest BCUT2D eigenvalue weighted by Crippen LogP contribution is -2.37. The summed E-state index contributed by atoms with van der Waals surface area (Å²) in [5.74, 6) is -1.10. The van der Waals surface area contributed by atoms with Gasteiger partial charge < -0.3 is 19.5 Å². The van der Waals surface area contributed by atoms with Crippen LogP contribution in [0.3, 0.4) is 0 Å². The Hall–Kier alpha value is -3.41. The van der Waals surface area contributed by atoms with Crippen LogP contribution in [-0.2, 0) is 11.3 Å². The first-order valence-corrected chi connectivity index (χ1v) is 8.26. The van der Waals surface area contributed by atoms with Gasteiger partial charge >= 0.3 is 5.69 Å². The number of benzene rings is 1. The number of aromatic nitrogens is 2. The van der Waals surface area contributed by atoms with Crippen molar-refractivity contribution in [3.8, 4) is 11.5 Å². The lowest BCUT2D eigenvalue weighted by Gasteiger charge is -2.27. The molecule has 28 heavy (non-hydrogen) atoms. The summed E-state index contributed by atoms with van der Waals surface area (Å²) in [6.07, 6.45) is 1.01. The molecule has 1 fully saturated rings. The zero-order valence-electron chi connectivity index (χ0n) is 14.9. The Balaban J connectivity index is 1.78. The SMILES string of the molecule is COc1cc(CN=Nc2ncc(F)c(N3CCOCC3)n2)cc([N+](=O)[O-])c1O. The average Bonchev–Trinajstić information content (AvgIpc) is 2.70. The van der Waals surface area contributed by atoms with Crippen molar-refractivity contribution in [1.82, 2.24) is 9.97 Å². The Labute approximate surface area is 158 Å². The van der Waals surface area contributed by atoms with E-state index in [4.69, 9.17) is 9.47 Å². The number of azo groups is 1. The predicted octanol–water partition coefficient (Wildman–Crippen LogP) is 2.36. The average molecular weight is 392 g/mol. The van der Waals surface area contributed by atoms with Crippen LogP contribution in [0.5, 0.6) is 11.5 Å². The maximum absolute atomic E-state index is 14.0. The number of anilines is 1. The highest BCUT2D eigenvalue weighted by molar-refractivity contribution is 5.57. The summed E-state index contributed by atoms with van der Waals surface area (Å²) < 4.78 is 24.2. The zero-order chi connectivity index (χ0) is 20.1. The molecule has 148 valence electrons. The standard InChI is InChI=1S/C16H17FN6O5/c1-27-13-7-10(6-12(14(13)24)23(25)26)8-19-21-16-18-9-11(17)15(20-16)22-2-4-28-5-3-22/h6-7,9,24H,2-5,8H2,1H3. The molecule has 0 atom stereocenters. The number of nitro benzene ring substituents is 1. The molecule has 0 bridgehead atoms. The number of ether oxygens (including phenoxy) is 2. The summed E-state index contributed by atoms with van der Waals surface area (Å²) in [7, 11) is 1.28. The minimum absolute atomic E-state index is 0.0388. The van der Waals surface area contributed by atoms with Crippen molar-refractivity contribution in [2.45, 2.75) is 6.54 Å². The highest BCUT2D eigenvalue weighted by Crippen LogP contribution is 2.37. The first kappa shape index (κ1) is 19.4. The topological polar surface area (TPSA) is 136 Å². The number of halogens is 1. The number of hydrogen-bond acceptors (Lipinski definition) is 10. The molecule has 3 rings (SSSR count). The molecule has 0 saturated carbocycles. The second-order valence-electron chi connectivity index (χ2n) is 5.76. The smallest absolute Gasteiger partial charge is 0.315 e. The third-order valence-corrected chi connectivity index (χ3v) is 3.97. The molecule has 0 unspecified atom stereocenters. The second kappa shape index (κ2) is 8.52. The van der Waals surface area contributed by atoms with Gasteiger partial charge in [0, 0.05) is 19.2 Å². The third kappa shape index (κ3) is 4.28. The minimum Gasteiger partial charge on any atom is -0.500 e. The molecule has 1 N–H and O–H groups in total. The maximum Gasteiger partial charge on any atom is 0.315 e. The molecular weight excluding hydrogens is 375 g/mol. The van der Waals surface area contributed by atoms with Crippen LogP contribution in [0.2, 0.25) is 0 Å². The van der Waals surface area contributed by atoms with Gasteiger partial charge in [-0.15, -0.1) is 5.11 Å². The monoisotopic (exact) mass is 392 g/mol. The van der Waals surface area contributed by atoms with E-state index in [0.717, 1.165) is 6.20 Å². The van der Waals surface area contributed by atoms with Crippen molar-refractivity contribution in [3.05, 3.63) is 39.8 Å². The number of nitrogens with zero attached hydrogens (tertiary/aromatic N) is 6. The van der Waals surface area contributed by atoms with E-state index in [-0.39, 0.29) is 24.1 Å². The van der Waals surface area contributed by atoms with Gasteiger partial charge in [-0.25, -0.2) is 9.37 Å². The van der Waals surface area contributed by atoms with Crippen molar-refractivity contribution >= 4 is 17.5 Å².